The Bertz CT molecular complexity index is 1330. The Hall–Kier alpha value is -3.26. The topological polar surface area (TPSA) is 102 Å². The largest absolute Gasteiger partial charge is 0.477 e. The molecule has 2 saturated carbocycles. The molecule has 4 fully saturated rings. The molecule has 2 saturated heterocycles. The summed E-state index contributed by atoms with van der Waals surface area (Å²) in [7, 11) is 0. The molecule has 2 aliphatic carbocycles. The number of carbonyl (C=O) groups is 1. The van der Waals surface area contributed by atoms with Gasteiger partial charge in [0.15, 0.2) is 5.69 Å². The number of rotatable bonds is 8. The molecule has 192 valence electrons. The number of aromatic carboxylic acids is 1. The molecule has 2 aliphatic heterocycles. The van der Waals surface area contributed by atoms with Crippen molar-refractivity contribution in [3.8, 4) is 11.3 Å². The highest BCUT2D eigenvalue weighted by molar-refractivity contribution is 5.85. The SMILES string of the molecule is Cc1ccccc1-c1noc(C2CC2)c1COC1CC2CC[C@@H](C1)N2c1nc(C(=O)O)cc(C2CC2)n1. The first-order valence-electron chi connectivity index (χ1n) is 13.6. The second-order valence-electron chi connectivity index (χ2n) is 11.2. The van der Waals surface area contributed by atoms with Crippen molar-refractivity contribution in [2.75, 3.05) is 4.90 Å². The number of aryl methyl sites for hydroxylation is 1. The van der Waals surface area contributed by atoms with E-state index in [4.69, 9.17) is 14.2 Å². The Balaban J connectivity index is 1.10. The third-order valence-electron chi connectivity index (χ3n) is 8.50. The first-order valence-corrected chi connectivity index (χ1v) is 13.6. The lowest BCUT2D eigenvalue weighted by Gasteiger charge is -2.39. The van der Waals surface area contributed by atoms with Gasteiger partial charge in [0.05, 0.1) is 12.7 Å². The van der Waals surface area contributed by atoms with Gasteiger partial charge in [0.2, 0.25) is 5.95 Å². The molecule has 7 rings (SSSR count). The van der Waals surface area contributed by atoms with E-state index in [0.29, 0.717) is 24.4 Å². The number of hydrogen-bond donors (Lipinski definition) is 1. The predicted octanol–water partition coefficient (Wildman–Crippen LogP) is 5.61. The van der Waals surface area contributed by atoms with E-state index in [1.165, 1.54) is 5.56 Å². The fraction of sp³-hybridized carbons (Fsp3) is 0.517. The summed E-state index contributed by atoms with van der Waals surface area (Å²) in [6, 6.07) is 10.5. The van der Waals surface area contributed by atoms with Crippen molar-refractivity contribution in [2.24, 2.45) is 0 Å². The van der Waals surface area contributed by atoms with Crippen LogP contribution in [0, 0.1) is 6.92 Å². The number of hydrogen-bond acceptors (Lipinski definition) is 7. The van der Waals surface area contributed by atoms with Crippen LogP contribution in [0.25, 0.3) is 11.3 Å². The minimum Gasteiger partial charge on any atom is -0.477 e. The number of aromatic nitrogens is 3. The van der Waals surface area contributed by atoms with Crippen LogP contribution in [0.3, 0.4) is 0 Å². The minimum atomic E-state index is -0.985. The summed E-state index contributed by atoms with van der Waals surface area (Å²) in [6.45, 7) is 2.61. The van der Waals surface area contributed by atoms with Gasteiger partial charge in [-0.3, -0.25) is 0 Å². The van der Waals surface area contributed by atoms with Gasteiger partial charge in [-0.2, -0.15) is 0 Å². The van der Waals surface area contributed by atoms with E-state index < -0.39 is 5.97 Å². The van der Waals surface area contributed by atoms with E-state index >= 15 is 0 Å². The van der Waals surface area contributed by atoms with Crippen LogP contribution in [-0.2, 0) is 11.3 Å². The number of carboxylic acids is 1. The van der Waals surface area contributed by atoms with E-state index in [1.54, 1.807) is 6.07 Å². The van der Waals surface area contributed by atoms with Crippen molar-refractivity contribution in [2.45, 2.75) is 94.9 Å². The molecule has 37 heavy (non-hydrogen) atoms. The number of benzene rings is 1. The van der Waals surface area contributed by atoms with Gasteiger partial charge in [-0.05, 0) is 69.9 Å². The molecule has 2 bridgehead atoms. The molecule has 1 aromatic carbocycles. The molecule has 8 heteroatoms. The van der Waals surface area contributed by atoms with Crippen LogP contribution in [0.5, 0.6) is 0 Å². The number of nitrogens with zero attached hydrogens (tertiary/aromatic N) is 4. The lowest BCUT2D eigenvalue weighted by Crippen LogP contribution is -2.46. The Morgan fingerprint density at radius 3 is 2.46 bits per heavy atom. The minimum absolute atomic E-state index is 0.105. The van der Waals surface area contributed by atoms with Gasteiger partial charge in [0, 0.05) is 40.7 Å². The van der Waals surface area contributed by atoms with E-state index in [9.17, 15) is 9.90 Å². The Labute approximate surface area is 216 Å². The normalized spacial score (nSPS) is 25.0. The molecule has 1 N–H and O–H groups in total. The van der Waals surface area contributed by atoms with E-state index in [2.05, 4.69) is 34.1 Å². The molecule has 0 spiro atoms. The molecule has 2 unspecified atom stereocenters. The van der Waals surface area contributed by atoms with Gasteiger partial charge in [-0.25, -0.2) is 14.8 Å². The van der Waals surface area contributed by atoms with Crippen molar-refractivity contribution in [3.63, 3.8) is 0 Å². The summed E-state index contributed by atoms with van der Waals surface area (Å²) in [6.07, 6.45) is 8.47. The number of piperidine rings is 1. The predicted molar refractivity (Wildman–Crippen MR) is 137 cm³/mol. The lowest BCUT2D eigenvalue weighted by atomic mass is 9.99. The van der Waals surface area contributed by atoms with Gasteiger partial charge in [-0.15, -0.1) is 0 Å². The summed E-state index contributed by atoms with van der Waals surface area (Å²) >= 11 is 0. The summed E-state index contributed by atoms with van der Waals surface area (Å²) < 4.78 is 12.4. The molecule has 4 aliphatic rings. The van der Waals surface area contributed by atoms with Gasteiger partial charge >= 0.3 is 5.97 Å². The average Bonchev–Trinajstić information content (AvgIpc) is 3.83. The highest BCUT2D eigenvalue weighted by Crippen LogP contribution is 2.46. The van der Waals surface area contributed by atoms with Crippen LogP contribution >= 0.6 is 0 Å². The van der Waals surface area contributed by atoms with Gasteiger partial charge in [-0.1, -0.05) is 29.4 Å². The standard InChI is InChI=1S/C29H32N4O4/c1-16-4-2-3-5-22(16)26-23(27(37-32-26)18-8-9-18)15-36-21-12-19-10-11-20(13-21)33(19)29-30-24(17-6-7-17)14-25(31-29)28(34)35/h2-5,14,17-21H,6-13,15H2,1H3,(H,34,35)/t19-,20?,21?/m0/s1. The van der Waals surface area contributed by atoms with Crippen LogP contribution in [-0.4, -0.2) is 44.4 Å². The summed E-state index contributed by atoms with van der Waals surface area (Å²) in [5.41, 5.74) is 5.27. The second kappa shape index (κ2) is 8.94. The Morgan fingerprint density at radius 1 is 1.05 bits per heavy atom. The zero-order valence-electron chi connectivity index (χ0n) is 21.1. The molecule has 0 radical (unpaired) electrons. The van der Waals surface area contributed by atoms with Gasteiger partial charge < -0.3 is 19.3 Å². The van der Waals surface area contributed by atoms with Crippen LogP contribution in [0.15, 0.2) is 34.9 Å². The average molecular weight is 501 g/mol. The highest BCUT2D eigenvalue weighted by Gasteiger charge is 2.43. The molecule has 8 nitrogen and oxygen atoms in total. The van der Waals surface area contributed by atoms with Crippen molar-refractivity contribution in [3.05, 3.63) is 58.6 Å². The molecular formula is C29H32N4O4. The van der Waals surface area contributed by atoms with E-state index in [0.717, 1.165) is 79.6 Å². The molecular weight excluding hydrogens is 468 g/mol. The first-order chi connectivity index (χ1) is 18.0. The van der Waals surface area contributed by atoms with Gasteiger partial charge in [0.1, 0.15) is 11.5 Å². The maximum absolute atomic E-state index is 11.7. The van der Waals surface area contributed by atoms with Crippen molar-refractivity contribution in [1.82, 2.24) is 15.1 Å². The maximum Gasteiger partial charge on any atom is 0.354 e. The Morgan fingerprint density at radius 2 is 1.78 bits per heavy atom. The van der Waals surface area contributed by atoms with Crippen LogP contribution < -0.4 is 4.90 Å². The molecule has 4 heterocycles. The lowest BCUT2D eigenvalue weighted by molar-refractivity contribution is 0.0144. The van der Waals surface area contributed by atoms with Crippen molar-refractivity contribution < 1.29 is 19.2 Å². The monoisotopic (exact) mass is 500 g/mol. The van der Waals surface area contributed by atoms with Crippen LogP contribution in [0.2, 0.25) is 0 Å². The third-order valence-corrected chi connectivity index (χ3v) is 8.50. The smallest absolute Gasteiger partial charge is 0.354 e. The van der Waals surface area contributed by atoms with Crippen molar-refractivity contribution >= 4 is 11.9 Å². The van der Waals surface area contributed by atoms with Crippen LogP contribution in [0.4, 0.5) is 5.95 Å². The van der Waals surface area contributed by atoms with E-state index in [-0.39, 0.29) is 23.9 Å². The fourth-order valence-electron chi connectivity index (χ4n) is 6.24. The van der Waals surface area contributed by atoms with Gasteiger partial charge in [0.25, 0.3) is 0 Å². The number of ether oxygens (including phenoxy) is 1. The number of anilines is 1. The second-order valence-corrected chi connectivity index (χ2v) is 11.2. The zero-order valence-corrected chi connectivity index (χ0v) is 21.1. The number of fused-ring (bicyclic) bond motifs is 2. The highest BCUT2D eigenvalue weighted by atomic mass is 16.5. The number of carboxylic acid groups (broad SMARTS) is 1. The van der Waals surface area contributed by atoms with E-state index in [1.807, 2.05) is 12.1 Å². The third kappa shape index (κ3) is 4.31. The first kappa shape index (κ1) is 22.9. The molecule has 2 aromatic heterocycles. The fourth-order valence-corrected chi connectivity index (χ4v) is 6.24. The summed E-state index contributed by atoms with van der Waals surface area (Å²) in [5.74, 6) is 1.43. The maximum atomic E-state index is 11.7. The Kier molecular flexibility index (Phi) is 5.53. The summed E-state index contributed by atoms with van der Waals surface area (Å²) in [5, 5.41) is 14.1. The molecule has 3 aromatic rings. The van der Waals surface area contributed by atoms with Crippen molar-refractivity contribution in [1.29, 1.82) is 0 Å². The summed E-state index contributed by atoms with van der Waals surface area (Å²) in [4.78, 5) is 23.3. The van der Waals surface area contributed by atoms with Crippen LogP contribution in [0.1, 0.15) is 96.3 Å². The molecule has 3 atom stereocenters. The quantitative estimate of drug-likeness (QED) is 0.426. The zero-order chi connectivity index (χ0) is 25.1. The molecule has 0 amide bonds.